The molecule has 0 aliphatic rings. The highest BCUT2D eigenvalue weighted by molar-refractivity contribution is 9.10. The van der Waals surface area contributed by atoms with Crippen molar-refractivity contribution in [2.24, 2.45) is 5.92 Å². The van der Waals surface area contributed by atoms with Crippen molar-refractivity contribution in [3.63, 3.8) is 0 Å². The fraction of sp³-hybridized carbons (Fsp3) is 0.625. The SMILES string of the molecule is CCSCCC(CNCCOC)Cc1ccccc1Br. The van der Waals surface area contributed by atoms with E-state index >= 15 is 0 Å². The highest BCUT2D eigenvalue weighted by Gasteiger charge is 2.11. The number of hydrogen-bond acceptors (Lipinski definition) is 3. The summed E-state index contributed by atoms with van der Waals surface area (Å²) in [6.07, 6.45) is 2.39. The largest absolute Gasteiger partial charge is 0.383 e. The van der Waals surface area contributed by atoms with Gasteiger partial charge < -0.3 is 10.1 Å². The Morgan fingerprint density at radius 3 is 2.85 bits per heavy atom. The van der Waals surface area contributed by atoms with Gasteiger partial charge in [-0.3, -0.25) is 0 Å². The fourth-order valence-electron chi connectivity index (χ4n) is 2.13. The van der Waals surface area contributed by atoms with Crippen LogP contribution in [-0.2, 0) is 11.2 Å². The summed E-state index contributed by atoms with van der Waals surface area (Å²) < 4.78 is 6.31. The standard InChI is InChI=1S/C16H26BrNOS/c1-3-20-11-8-14(13-18-9-10-19-2)12-15-6-4-5-7-16(15)17/h4-7,14,18H,3,8-13H2,1-2H3. The van der Waals surface area contributed by atoms with Crippen LogP contribution < -0.4 is 5.32 Å². The summed E-state index contributed by atoms with van der Waals surface area (Å²) in [5.41, 5.74) is 1.41. The van der Waals surface area contributed by atoms with Gasteiger partial charge in [0.15, 0.2) is 0 Å². The minimum absolute atomic E-state index is 0.685. The number of nitrogens with one attached hydrogen (secondary N) is 1. The van der Waals surface area contributed by atoms with Crippen LogP contribution in [0.3, 0.4) is 0 Å². The molecule has 0 radical (unpaired) electrons. The summed E-state index contributed by atoms with van der Waals surface area (Å²) in [4.78, 5) is 0. The van der Waals surface area contributed by atoms with Crippen molar-refractivity contribution in [3.05, 3.63) is 34.3 Å². The second-order valence-corrected chi connectivity index (χ2v) is 7.09. The van der Waals surface area contributed by atoms with Crippen molar-refractivity contribution in [1.29, 1.82) is 0 Å². The average molecular weight is 360 g/mol. The van der Waals surface area contributed by atoms with E-state index in [2.05, 4.69) is 52.4 Å². The molecule has 1 atom stereocenters. The monoisotopic (exact) mass is 359 g/mol. The Balaban J connectivity index is 2.46. The van der Waals surface area contributed by atoms with Gasteiger partial charge in [-0.15, -0.1) is 0 Å². The molecule has 0 aliphatic carbocycles. The quantitative estimate of drug-likeness (QED) is 0.603. The van der Waals surface area contributed by atoms with Crippen LogP contribution in [0.1, 0.15) is 18.9 Å². The zero-order chi connectivity index (χ0) is 14.6. The van der Waals surface area contributed by atoms with Gasteiger partial charge in [0.1, 0.15) is 0 Å². The molecule has 0 fully saturated rings. The molecule has 0 saturated carbocycles. The molecule has 0 amide bonds. The molecule has 0 aromatic heterocycles. The molecule has 4 heteroatoms. The first-order valence-electron chi connectivity index (χ1n) is 7.28. The van der Waals surface area contributed by atoms with Crippen molar-refractivity contribution in [1.82, 2.24) is 5.32 Å². The maximum atomic E-state index is 5.09. The number of benzene rings is 1. The van der Waals surface area contributed by atoms with Crippen molar-refractivity contribution < 1.29 is 4.74 Å². The number of thioether (sulfide) groups is 1. The first kappa shape index (κ1) is 18.0. The molecular formula is C16H26BrNOS. The van der Waals surface area contributed by atoms with E-state index in [4.69, 9.17) is 4.74 Å². The third-order valence-corrected chi connectivity index (χ3v) is 4.96. The number of rotatable bonds is 11. The van der Waals surface area contributed by atoms with E-state index in [0.717, 1.165) is 26.1 Å². The third kappa shape index (κ3) is 7.67. The normalized spacial score (nSPS) is 12.6. The average Bonchev–Trinajstić information content (AvgIpc) is 2.46. The van der Waals surface area contributed by atoms with Crippen LogP contribution in [0.25, 0.3) is 0 Å². The highest BCUT2D eigenvalue weighted by Crippen LogP contribution is 2.21. The molecule has 1 aromatic rings. The van der Waals surface area contributed by atoms with Crippen molar-refractivity contribution >= 4 is 27.7 Å². The number of halogens is 1. The molecule has 0 aliphatic heterocycles. The van der Waals surface area contributed by atoms with E-state index in [9.17, 15) is 0 Å². The van der Waals surface area contributed by atoms with E-state index in [0.29, 0.717) is 5.92 Å². The van der Waals surface area contributed by atoms with Gasteiger partial charge >= 0.3 is 0 Å². The topological polar surface area (TPSA) is 21.3 Å². The van der Waals surface area contributed by atoms with Crippen molar-refractivity contribution in [3.8, 4) is 0 Å². The van der Waals surface area contributed by atoms with Gasteiger partial charge in [0.2, 0.25) is 0 Å². The van der Waals surface area contributed by atoms with E-state index in [1.807, 2.05) is 11.8 Å². The molecule has 0 heterocycles. The molecule has 1 N–H and O–H groups in total. The summed E-state index contributed by atoms with van der Waals surface area (Å²) in [6, 6.07) is 8.55. The lowest BCUT2D eigenvalue weighted by Crippen LogP contribution is -2.27. The molecule has 1 rings (SSSR count). The fourth-order valence-corrected chi connectivity index (χ4v) is 3.36. The molecule has 2 nitrogen and oxygen atoms in total. The predicted octanol–water partition coefficient (Wildman–Crippen LogP) is 3.99. The van der Waals surface area contributed by atoms with Gasteiger partial charge in [-0.2, -0.15) is 11.8 Å². The van der Waals surface area contributed by atoms with Crippen LogP contribution in [0.15, 0.2) is 28.7 Å². The third-order valence-electron chi connectivity index (χ3n) is 3.26. The van der Waals surface area contributed by atoms with Crippen LogP contribution >= 0.6 is 27.7 Å². The van der Waals surface area contributed by atoms with E-state index in [-0.39, 0.29) is 0 Å². The van der Waals surface area contributed by atoms with E-state index < -0.39 is 0 Å². The van der Waals surface area contributed by atoms with Gasteiger partial charge in [0.25, 0.3) is 0 Å². The Hall–Kier alpha value is -0.0300. The summed E-state index contributed by atoms with van der Waals surface area (Å²) in [7, 11) is 1.75. The number of ether oxygens (including phenoxy) is 1. The number of hydrogen-bond donors (Lipinski definition) is 1. The molecule has 1 unspecified atom stereocenters. The molecule has 0 saturated heterocycles. The predicted molar refractivity (Wildman–Crippen MR) is 93.7 cm³/mol. The van der Waals surface area contributed by atoms with Crippen LogP contribution in [-0.4, -0.2) is 38.3 Å². The minimum atomic E-state index is 0.685. The van der Waals surface area contributed by atoms with Gasteiger partial charge in [0, 0.05) is 18.1 Å². The van der Waals surface area contributed by atoms with E-state index in [1.165, 1.54) is 28.0 Å². The van der Waals surface area contributed by atoms with Gasteiger partial charge in [0.05, 0.1) is 6.61 Å². The van der Waals surface area contributed by atoms with Crippen LogP contribution in [0.4, 0.5) is 0 Å². The Bertz CT molecular complexity index is 362. The molecule has 1 aromatic carbocycles. The van der Waals surface area contributed by atoms with Crippen molar-refractivity contribution in [2.45, 2.75) is 19.8 Å². The van der Waals surface area contributed by atoms with Crippen LogP contribution in [0.5, 0.6) is 0 Å². The molecule has 114 valence electrons. The number of methoxy groups -OCH3 is 1. The van der Waals surface area contributed by atoms with Crippen molar-refractivity contribution in [2.75, 3.05) is 38.3 Å². The Labute approximate surface area is 136 Å². The second kappa shape index (κ2) is 11.6. The molecular weight excluding hydrogens is 334 g/mol. The van der Waals surface area contributed by atoms with Crippen LogP contribution in [0, 0.1) is 5.92 Å². The summed E-state index contributed by atoms with van der Waals surface area (Å²) in [5.74, 6) is 3.14. The molecule has 20 heavy (non-hydrogen) atoms. The molecule has 0 bridgehead atoms. The first-order valence-corrected chi connectivity index (χ1v) is 9.23. The lowest BCUT2D eigenvalue weighted by Gasteiger charge is -2.18. The minimum Gasteiger partial charge on any atom is -0.383 e. The van der Waals surface area contributed by atoms with Crippen LogP contribution in [0.2, 0.25) is 0 Å². The summed E-state index contributed by atoms with van der Waals surface area (Å²) >= 11 is 5.68. The maximum absolute atomic E-state index is 5.09. The molecule has 0 spiro atoms. The first-order chi connectivity index (χ1) is 9.77. The lowest BCUT2D eigenvalue weighted by atomic mass is 9.97. The van der Waals surface area contributed by atoms with Gasteiger partial charge in [-0.25, -0.2) is 0 Å². The van der Waals surface area contributed by atoms with E-state index in [1.54, 1.807) is 7.11 Å². The van der Waals surface area contributed by atoms with Gasteiger partial charge in [-0.05, 0) is 48.4 Å². The Morgan fingerprint density at radius 1 is 1.35 bits per heavy atom. The summed E-state index contributed by atoms with van der Waals surface area (Å²) in [6.45, 7) is 5.01. The summed E-state index contributed by atoms with van der Waals surface area (Å²) in [5, 5.41) is 3.50. The Morgan fingerprint density at radius 2 is 2.15 bits per heavy atom. The Kier molecular flexibility index (Phi) is 10.5. The zero-order valence-electron chi connectivity index (χ0n) is 12.5. The highest BCUT2D eigenvalue weighted by atomic mass is 79.9. The smallest absolute Gasteiger partial charge is 0.0587 e. The lowest BCUT2D eigenvalue weighted by molar-refractivity contribution is 0.197. The maximum Gasteiger partial charge on any atom is 0.0587 e. The van der Waals surface area contributed by atoms with Gasteiger partial charge in [-0.1, -0.05) is 41.1 Å². The zero-order valence-corrected chi connectivity index (χ0v) is 14.9. The second-order valence-electron chi connectivity index (χ2n) is 4.84.